The van der Waals surface area contributed by atoms with E-state index < -0.39 is 71.5 Å². The van der Waals surface area contributed by atoms with E-state index in [9.17, 15) is 29.4 Å². The lowest BCUT2D eigenvalue weighted by atomic mass is 9.65. The second-order valence-electron chi connectivity index (χ2n) is 13.0. The molecule has 3 amide bonds. The summed E-state index contributed by atoms with van der Waals surface area (Å²) in [5.74, 6) is -1.64. The number of hydrogen-bond donors (Lipinski definition) is 3. The van der Waals surface area contributed by atoms with Gasteiger partial charge in [-0.2, -0.15) is 0 Å². The number of rotatable bonds is 7. The van der Waals surface area contributed by atoms with Crippen LogP contribution in [0.4, 0.5) is 9.59 Å². The van der Waals surface area contributed by atoms with Crippen molar-refractivity contribution >= 4 is 31.2 Å². The molecule has 3 heterocycles. The Hall–Kier alpha value is -2.54. The summed E-state index contributed by atoms with van der Waals surface area (Å²) in [4.78, 5) is 53.0. The van der Waals surface area contributed by atoms with Crippen LogP contribution in [0.2, 0.25) is 6.32 Å². The summed E-state index contributed by atoms with van der Waals surface area (Å²) in [5.41, 5.74) is -2.73. The molecule has 0 unspecified atom stereocenters. The van der Waals surface area contributed by atoms with Gasteiger partial charge in [-0.25, -0.2) is 14.4 Å². The van der Waals surface area contributed by atoms with E-state index >= 15 is 0 Å². The SMILES string of the molecule is C[C@H](NC(=O)OC(C)(C)C)C(=O)N1CCC[C@@]2(CCCB3OC(C)(C)C(C)(C)O3)[C@@H]1CN(C(=O)O)[C@@H]2C(=O)O. The molecule has 0 spiro atoms. The van der Waals surface area contributed by atoms with Crippen LogP contribution in [0.25, 0.3) is 0 Å². The number of carbonyl (C=O) groups excluding carboxylic acids is 2. The minimum Gasteiger partial charge on any atom is -0.480 e. The van der Waals surface area contributed by atoms with Crippen LogP contribution >= 0.6 is 0 Å². The highest BCUT2D eigenvalue weighted by atomic mass is 16.7. The van der Waals surface area contributed by atoms with Gasteiger partial charge in [0.1, 0.15) is 17.7 Å². The highest BCUT2D eigenvalue weighted by Gasteiger charge is 2.62. The average Bonchev–Trinajstić information content (AvgIpc) is 3.22. The number of piperidine rings is 1. The molecule has 3 N–H and O–H groups in total. The van der Waals surface area contributed by atoms with Gasteiger partial charge in [0.2, 0.25) is 5.91 Å². The topological polar surface area (TPSA) is 155 Å². The van der Waals surface area contributed by atoms with Crippen LogP contribution in [0.15, 0.2) is 0 Å². The van der Waals surface area contributed by atoms with Crippen LogP contribution in [0, 0.1) is 5.41 Å². The third-order valence-corrected chi connectivity index (χ3v) is 8.56. The van der Waals surface area contributed by atoms with Gasteiger partial charge in [-0.1, -0.05) is 6.42 Å². The Labute approximate surface area is 230 Å². The lowest BCUT2D eigenvalue weighted by molar-refractivity contribution is -0.150. The van der Waals surface area contributed by atoms with Crippen molar-refractivity contribution in [1.29, 1.82) is 0 Å². The van der Waals surface area contributed by atoms with Crippen molar-refractivity contribution in [3.63, 3.8) is 0 Å². The monoisotopic (exact) mass is 553 g/mol. The summed E-state index contributed by atoms with van der Waals surface area (Å²) in [6.45, 7) is 14.7. The average molecular weight is 553 g/mol. The van der Waals surface area contributed by atoms with E-state index in [-0.39, 0.29) is 6.54 Å². The van der Waals surface area contributed by atoms with E-state index in [2.05, 4.69) is 5.32 Å². The number of amides is 3. The normalized spacial score (nSPS) is 28.6. The van der Waals surface area contributed by atoms with Crippen LogP contribution < -0.4 is 5.32 Å². The Morgan fingerprint density at radius 2 is 1.67 bits per heavy atom. The predicted octanol–water partition coefficient (Wildman–Crippen LogP) is 3.20. The number of alkyl carbamates (subject to hydrolysis) is 1. The van der Waals surface area contributed by atoms with Gasteiger partial charge in [0.05, 0.1) is 17.2 Å². The van der Waals surface area contributed by atoms with Crippen LogP contribution in [-0.2, 0) is 23.6 Å². The fourth-order valence-corrected chi connectivity index (χ4v) is 6.15. The van der Waals surface area contributed by atoms with Gasteiger partial charge in [0, 0.05) is 18.5 Å². The summed E-state index contributed by atoms with van der Waals surface area (Å²) in [5, 5.41) is 22.7. The second kappa shape index (κ2) is 10.8. The molecule has 0 aromatic heterocycles. The zero-order valence-corrected chi connectivity index (χ0v) is 24.4. The number of likely N-dealkylation sites (tertiary alicyclic amines) is 2. The van der Waals surface area contributed by atoms with E-state index in [1.54, 1.807) is 32.6 Å². The molecule has 13 heteroatoms. The van der Waals surface area contributed by atoms with Crippen LogP contribution in [0.3, 0.4) is 0 Å². The molecule has 220 valence electrons. The van der Waals surface area contributed by atoms with E-state index in [0.29, 0.717) is 38.5 Å². The molecular formula is C26H44BN3O9. The maximum Gasteiger partial charge on any atom is 0.457 e. The Morgan fingerprint density at radius 1 is 1.08 bits per heavy atom. The quantitative estimate of drug-likeness (QED) is 0.403. The number of nitrogens with one attached hydrogen (secondary N) is 1. The Morgan fingerprint density at radius 3 is 2.18 bits per heavy atom. The minimum atomic E-state index is -1.34. The Kier molecular flexibility index (Phi) is 8.58. The van der Waals surface area contributed by atoms with Gasteiger partial charge < -0.3 is 34.5 Å². The number of aliphatic carboxylic acids is 1. The highest BCUT2D eigenvalue weighted by Crippen LogP contribution is 2.51. The molecule has 0 aliphatic carbocycles. The maximum absolute atomic E-state index is 13.6. The van der Waals surface area contributed by atoms with Crippen molar-refractivity contribution in [2.75, 3.05) is 13.1 Å². The number of ether oxygens (including phenoxy) is 1. The van der Waals surface area contributed by atoms with Gasteiger partial charge in [0.15, 0.2) is 0 Å². The van der Waals surface area contributed by atoms with Gasteiger partial charge in [-0.05, 0) is 81.0 Å². The lowest BCUT2D eigenvalue weighted by Crippen LogP contribution is -2.60. The molecule has 0 saturated carbocycles. The second-order valence-corrected chi connectivity index (χ2v) is 13.0. The van der Waals surface area contributed by atoms with E-state index in [0.717, 1.165) is 4.90 Å². The smallest absolute Gasteiger partial charge is 0.457 e. The summed E-state index contributed by atoms with van der Waals surface area (Å²) in [7, 11) is -0.468. The maximum atomic E-state index is 13.6. The predicted molar refractivity (Wildman–Crippen MR) is 142 cm³/mol. The molecule has 39 heavy (non-hydrogen) atoms. The Bertz CT molecular complexity index is 966. The molecule has 4 atom stereocenters. The fourth-order valence-electron chi connectivity index (χ4n) is 6.15. The molecule has 3 aliphatic heterocycles. The number of nitrogens with zero attached hydrogens (tertiary/aromatic N) is 2. The number of carbonyl (C=O) groups is 4. The molecule has 3 aliphatic rings. The zero-order valence-electron chi connectivity index (χ0n) is 24.4. The fraction of sp³-hybridized carbons (Fsp3) is 0.846. The summed E-state index contributed by atoms with van der Waals surface area (Å²) in [6.07, 6.45) is 0.295. The van der Waals surface area contributed by atoms with Crippen molar-refractivity contribution in [2.45, 2.75) is 122 Å². The molecule has 12 nitrogen and oxygen atoms in total. The van der Waals surface area contributed by atoms with Crippen LogP contribution in [0.5, 0.6) is 0 Å². The van der Waals surface area contributed by atoms with Gasteiger partial charge in [-0.15, -0.1) is 0 Å². The van der Waals surface area contributed by atoms with Crippen molar-refractivity contribution in [2.24, 2.45) is 5.41 Å². The van der Waals surface area contributed by atoms with Gasteiger partial charge in [-0.3, -0.25) is 9.69 Å². The summed E-state index contributed by atoms with van der Waals surface area (Å²) < 4.78 is 17.5. The van der Waals surface area contributed by atoms with E-state index in [1.165, 1.54) is 0 Å². The first kappa shape index (κ1) is 31.0. The first-order valence-corrected chi connectivity index (χ1v) is 13.7. The highest BCUT2D eigenvalue weighted by molar-refractivity contribution is 6.45. The van der Waals surface area contributed by atoms with Gasteiger partial charge in [0.25, 0.3) is 0 Å². The number of hydrogen-bond acceptors (Lipinski definition) is 7. The minimum absolute atomic E-state index is 0.117. The molecule has 3 fully saturated rings. The first-order chi connectivity index (χ1) is 17.8. The molecule has 3 saturated heterocycles. The third kappa shape index (κ3) is 6.29. The number of carboxylic acid groups (broad SMARTS) is 2. The summed E-state index contributed by atoms with van der Waals surface area (Å²) in [6, 6.07) is -2.90. The molecular weight excluding hydrogens is 509 g/mol. The molecule has 3 rings (SSSR count). The van der Waals surface area contributed by atoms with Crippen LogP contribution in [-0.4, -0.2) is 99.2 Å². The van der Waals surface area contributed by atoms with Gasteiger partial charge >= 0.3 is 25.3 Å². The van der Waals surface area contributed by atoms with Crippen molar-refractivity contribution < 1.29 is 43.4 Å². The zero-order chi connectivity index (χ0) is 29.6. The standard InChI is InChI=1S/C26H44BN3O9/c1-16(28-21(34)37-23(2,3)4)19(31)29-14-10-12-26(17(29)15-30(22(35)36)18(26)20(32)33)11-9-13-27-38-24(5,6)25(7,8)39-27/h16-18H,9-15H2,1-8H3,(H,28,34)(H,32,33)(H,35,36)/t16-,17-,18+,26-/m0/s1. The first-order valence-electron chi connectivity index (χ1n) is 13.7. The summed E-state index contributed by atoms with van der Waals surface area (Å²) >= 11 is 0. The Balaban J connectivity index is 1.83. The number of carboxylic acids is 1. The molecule has 0 radical (unpaired) electrons. The molecule has 0 aromatic rings. The largest absolute Gasteiger partial charge is 0.480 e. The lowest BCUT2D eigenvalue weighted by Gasteiger charge is -2.48. The van der Waals surface area contributed by atoms with E-state index in [1.807, 2.05) is 27.7 Å². The van der Waals surface area contributed by atoms with Crippen LogP contribution in [0.1, 0.15) is 81.1 Å². The third-order valence-electron chi connectivity index (χ3n) is 8.56. The van der Waals surface area contributed by atoms with Crippen molar-refractivity contribution in [3.05, 3.63) is 0 Å². The molecule has 0 aromatic carbocycles. The van der Waals surface area contributed by atoms with Crippen molar-refractivity contribution in [1.82, 2.24) is 15.1 Å². The molecule has 0 bridgehead atoms. The van der Waals surface area contributed by atoms with E-state index in [4.69, 9.17) is 14.0 Å². The number of fused-ring (bicyclic) bond motifs is 1. The van der Waals surface area contributed by atoms with Crippen molar-refractivity contribution in [3.8, 4) is 0 Å².